The molecule has 0 spiro atoms. The molecule has 0 aliphatic heterocycles. The van der Waals surface area contributed by atoms with Gasteiger partial charge in [-0.15, -0.1) is 11.8 Å². The summed E-state index contributed by atoms with van der Waals surface area (Å²) in [6, 6.07) is 8.61. The fourth-order valence-corrected chi connectivity index (χ4v) is 1.52. The van der Waals surface area contributed by atoms with Gasteiger partial charge < -0.3 is 0 Å². The predicted molar refractivity (Wildman–Crippen MR) is 47.9 cm³/mol. The fraction of sp³-hybridized carbons (Fsp3) is 0.222. The summed E-state index contributed by atoms with van der Waals surface area (Å²) in [5.74, 6) is -0.227. The maximum Gasteiger partial charge on any atom is 0.247 e. The molecule has 68 valence electrons. The molecule has 0 heterocycles. The van der Waals surface area contributed by atoms with Crippen molar-refractivity contribution in [3.63, 3.8) is 0 Å². The van der Waals surface area contributed by atoms with Crippen LogP contribution in [-0.2, 0) is 0 Å². The predicted octanol–water partition coefficient (Wildman–Crippen LogP) is 2.92. The zero-order valence-electron chi connectivity index (χ0n) is 6.71. The fourth-order valence-electron chi connectivity index (χ4n) is 0.815. The van der Waals surface area contributed by atoms with E-state index >= 15 is 0 Å². The molecule has 0 atom stereocenters. The molecule has 0 N–H and O–H groups in total. The molecule has 1 nitrogen and oxygen atoms in total. The first-order chi connectivity index (χ1) is 6.22. The quantitative estimate of drug-likeness (QED) is 0.699. The molecule has 0 aromatic heterocycles. The van der Waals surface area contributed by atoms with Crippen molar-refractivity contribution in [2.45, 2.75) is 11.3 Å². The number of benzene rings is 1. The summed E-state index contributed by atoms with van der Waals surface area (Å²) in [6.07, 6.45) is -2.31. The van der Waals surface area contributed by atoms with Gasteiger partial charge in [0.2, 0.25) is 6.43 Å². The van der Waals surface area contributed by atoms with E-state index in [1.54, 1.807) is 24.3 Å². The van der Waals surface area contributed by atoms with Crippen LogP contribution in [0.4, 0.5) is 8.78 Å². The first-order valence-electron chi connectivity index (χ1n) is 3.63. The van der Waals surface area contributed by atoms with Gasteiger partial charge in [-0.1, -0.05) is 6.07 Å². The second kappa shape index (κ2) is 4.83. The van der Waals surface area contributed by atoms with Crippen LogP contribution in [0, 0.1) is 11.3 Å². The van der Waals surface area contributed by atoms with E-state index in [0.717, 1.165) is 11.8 Å². The Morgan fingerprint density at radius 1 is 1.46 bits per heavy atom. The van der Waals surface area contributed by atoms with Crippen molar-refractivity contribution in [1.82, 2.24) is 0 Å². The van der Waals surface area contributed by atoms with Crippen LogP contribution in [0.15, 0.2) is 29.2 Å². The Labute approximate surface area is 79.4 Å². The van der Waals surface area contributed by atoms with Gasteiger partial charge in [-0.05, 0) is 18.2 Å². The lowest BCUT2D eigenvalue weighted by Crippen LogP contribution is -1.93. The summed E-state index contributed by atoms with van der Waals surface area (Å²) in [5, 5.41) is 8.53. The Balaban J connectivity index is 2.63. The van der Waals surface area contributed by atoms with Gasteiger partial charge in [0.25, 0.3) is 0 Å². The number of halogens is 2. The lowest BCUT2D eigenvalue weighted by Gasteiger charge is -2.00. The summed E-state index contributed by atoms with van der Waals surface area (Å²) in [4.78, 5) is 0.708. The van der Waals surface area contributed by atoms with Gasteiger partial charge in [0.05, 0.1) is 17.4 Å². The highest BCUT2D eigenvalue weighted by Crippen LogP contribution is 2.20. The van der Waals surface area contributed by atoms with Gasteiger partial charge in [0.1, 0.15) is 0 Å². The van der Waals surface area contributed by atoms with Crippen molar-refractivity contribution in [2.24, 2.45) is 0 Å². The standard InChI is InChI=1S/C9H7F2NS/c10-9(11)6-13-8-3-1-2-7(4-8)5-12/h1-4,9H,6H2. The zero-order valence-corrected chi connectivity index (χ0v) is 7.52. The molecule has 0 bridgehead atoms. The van der Waals surface area contributed by atoms with Gasteiger partial charge in [-0.25, -0.2) is 8.78 Å². The molecule has 0 unspecified atom stereocenters. The minimum atomic E-state index is -2.31. The maximum atomic E-state index is 11.8. The minimum absolute atomic E-state index is 0.227. The second-order valence-corrected chi connectivity index (χ2v) is 3.44. The number of hydrogen-bond donors (Lipinski definition) is 0. The van der Waals surface area contributed by atoms with E-state index in [-0.39, 0.29) is 5.75 Å². The molecule has 0 saturated carbocycles. The van der Waals surface area contributed by atoms with Crippen LogP contribution in [0.25, 0.3) is 0 Å². The van der Waals surface area contributed by atoms with E-state index in [1.807, 2.05) is 6.07 Å². The molecule has 0 fully saturated rings. The van der Waals surface area contributed by atoms with E-state index in [2.05, 4.69) is 0 Å². The molecule has 0 amide bonds. The summed E-state index contributed by atoms with van der Waals surface area (Å²) in [7, 11) is 0. The van der Waals surface area contributed by atoms with Crippen LogP contribution in [0.2, 0.25) is 0 Å². The molecule has 0 saturated heterocycles. The topological polar surface area (TPSA) is 23.8 Å². The van der Waals surface area contributed by atoms with E-state index in [0.29, 0.717) is 10.5 Å². The molecule has 4 heteroatoms. The highest BCUT2D eigenvalue weighted by atomic mass is 32.2. The van der Waals surface area contributed by atoms with Gasteiger partial charge in [0.15, 0.2) is 0 Å². The van der Waals surface area contributed by atoms with Crippen molar-refractivity contribution in [3.8, 4) is 6.07 Å². The summed E-state index contributed by atoms with van der Waals surface area (Å²) in [5.41, 5.74) is 0.499. The SMILES string of the molecule is N#Cc1cccc(SCC(F)F)c1. The van der Waals surface area contributed by atoms with Crippen LogP contribution >= 0.6 is 11.8 Å². The van der Waals surface area contributed by atoms with Gasteiger partial charge in [-0.2, -0.15) is 5.26 Å². The average Bonchev–Trinajstić information content (AvgIpc) is 2.15. The third-order valence-corrected chi connectivity index (χ3v) is 2.35. The van der Waals surface area contributed by atoms with Crippen molar-refractivity contribution >= 4 is 11.8 Å². The van der Waals surface area contributed by atoms with E-state index < -0.39 is 6.43 Å². The molecule has 1 rings (SSSR count). The van der Waals surface area contributed by atoms with Gasteiger partial charge in [-0.3, -0.25) is 0 Å². The number of nitrogens with zero attached hydrogens (tertiary/aromatic N) is 1. The van der Waals surface area contributed by atoms with Crippen LogP contribution in [0.3, 0.4) is 0 Å². The van der Waals surface area contributed by atoms with Crippen LogP contribution in [0.1, 0.15) is 5.56 Å². The van der Waals surface area contributed by atoms with E-state index in [9.17, 15) is 8.78 Å². The van der Waals surface area contributed by atoms with Gasteiger partial charge in [0, 0.05) is 4.90 Å². The van der Waals surface area contributed by atoms with E-state index in [4.69, 9.17) is 5.26 Å². The molecule has 13 heavy (non-hydrogen) atoms. The Morgan fingerprint density at radius 3 is 2.85 bits per heavy atom. The summed E-state index contributed by atoms with van der Waals surface area (Å²) >= 11 is 1.06. The molecule has 0 aliphatic carbocycles. The zero-order chi connectivity index (χ0) is 9.68. The van der Waals surface area contributed by atoms with E-state index in [1.165, 1.54) is 0 Å². The third-order valence-electron chi connectivity index (χ3n) is 1.34. The molecule has 0 radical (unpaired) electrons. The minimum Gasteiger partial charge on any atom is -0.210 e. The summed E-state index contributed by atoms with van der Waals surface area (Å²) in [6.45, 7) is 0. The highest BCUT2D eigenvalue weighted by molar-refractivity contribution is 7.99. The Morgan fingerprint density at radius 2 is 2.23 bits per heavy atom. The van der Waals surface area contributed by atoms with Crippen LogP contribution in [-0.4, -0.2) is 12.2 Å². The number of hydrogen-bond acceptors (Lipinski definition) is 2. The van der Waals surface area contributed by atoms with Gasteiger partial charge >= 0.3 is 0 Å². The molecular weight excluding hydrogens is 192 g/mol. The second-order valence-electron chi connectivity index (χ2n) is 2.34. The largest absolute Gasteiger partial charge is 0.247 e. The summed E-state index contributed by atoms with van der Waals surface area (Å²) < 4.78 is 23.6. The molecule has 1 aromatic carbocycles. The lowest BCUT2D eigenvalue weighted by atomic mass is 10.2. The number of rotatable bonds is 3. The normalized spacial score (nSPS) is 10.0. The number of nitriles is 1. The molecule has 1 aromatic rings. The smallest absolute Gasteiger partial charge is 0.210 e. The number of alkyl halides is 2. The van der Waals surface area contributed by atoms with Crippen molar-refractivity contribution in [1.29, 1.82) is 5.26 Å². The van der Waals surface area contributed by atoms with Crippen LogP contribution < -0.4 is 0 Å². The Bertz CT molecular complexity index is 320. The Kier molecular flexibility index (Phi) is 3.71. The first-order valence-corrected chi connectivity index (χ1v) is 4.62. The molecular formula is C9H7F2NS. The first kappa shape index (κ1) is 10.0. The lowest BCUT2D eigenvalue weighted by molar-refractivity contribution is 0.177. The third kappa shape index (κ3) is 3.43. The average molecular weight is 199 g/mol. The Hall–Kier alpha value is -1.08. The van der Waals surface area contributed by atoms with Crippen molar-refractivity contribution in [2.75, 3.05) is 5.75 Å². The van der Waals surface area contributed by atoms with Crippen molar-refractivity contribution < 1.29 is 8.78 Å². The molecule has 0 aliphatic rings. The highest BCUT2D eigenvalue weighted by Gasteiger charge is 2.03. The van der Waals surface area contributed by atoms with Crippen molar-refractivity contribution in [3.05, 3.63) is 29.8 Å². The monoisotopic (exact) mass is 199 g/mol. The maximum absolute atomic E-state index is 11.8. The number of thioether (sulfide) groups is 1. The van der Waals surface area contributed by atoms with Crippen LogP contribution in [0.5, 0.6) is 0 Å².